The molecule has 1 unspecified atom stereocenters. The second-order valence-electron chi connectivity index (χ2n) is 6.24. The highest BCUT2D eigenvalue weighted by molar-refractivity contribution is 5.94. The van der Waals surface area contributed by atoms with Crippen LogP contribution in [0.5, 0.6) is 5.75 Å². The van der Waals surface area contributed by atoms with Gasteiger partial charge < -0.3 is 9.64 Å². The largest absolute Gasteiger partial charge is 0.488 e. The van der Waals surface area contributed by atoms with Crippen LogP contribution < -0.4 is 4.74 Å². The molecule has 0 bridgehead atoms. The number of rotatable bonds is 4. The summed E-state index contributed by atoms with van der Waals surface area (Å²) in [5.74, 6) is 1.21. The first kappa shape index (κ1) is 16.1. The summed E-state index contributed by atoms with van der Waals surface area (Å²) >= 11 is 0. The van der Waals surface area contributed by atoms with Crippen LogP contribution in [-0.2, 0) is 6.61 Å². The van der Waals surface area contributed by atoms with E-state index >= 15 is 0 Å². The zero-order chi connectivity index (χ0) is 16.9. The summed E-state index contributed by atoms with van der Waals surface area (Å²) in [4.78, 5) is 14.5. The molecule has 1 fully saturated rings. The maximum Gasteiger partial charge on any atom is 0.253 e. The lowest BCUT2D eigenvalue weighted by Gasteiger charge is -2.16. The first-order chi connectivity index (χ1) is 11.7. The quantitative estimate of drug-likeness (QED) is 0.864. The van der Waals surface area contributed by atoms with E-state index in [1.54, 1.807) is 12.1 Å². The van der Waals surface area contributed by atoms with Crippen LogP contribution in [0.2, 0.25) is 0 Å². The van der Waals surface area contributed by atoms with Gasteiger partial charge in [-0.2, -0.15) is 5.26 Å². The van der Waals surface area contributed by atoms with Crippen LogP contribution in [0, 0.1) is 17.2 Å². The molecule has 1 saturated heterocycles. The molecular formula is C20H20N2O2. The van der Waals surface area contributed by atoms with Gasteiger partial charge in [0, 0.05) is 18.7 Å². The van der Waals surface area contributed by atoms with E-state index in [4.69, 9.17) is 10.00 Å². The Morgan fingerprint density at radius 3 is 2.88 bits per heavy atom. The monoisotopic (exact) mass is 320 g/mol. The lowest BCUT2D eigenvalue weighted by Crippen LogP contribution is -2.28. The summed E-state index contributed by atoms with van der Waals surface area (Å²) in [6.45, 7) is 4.16. The van der Waals surface area contributed by atoms with E-state index in [1.807, 2.05) is 41.3 Å². The van der Waals surface area contributed by atoms with Crippen molar-refractivity contribution in [1.82, 2.24) is 4.90 Å². The number of hydrogen-bond acceptors (Lipinski definition) is 3. The molecule has 4 heteroatoms. The number of likely N-dealkylation sites (tertiary alicyclic amines) is 1. The minimum atomic E-state index is 0.0821. The molecule has 24 heavy (non-hydrogen) atoms. The van der Waals surface area contributed by atoms with Crippen molar-refractivity contribution in [3.05, 3.63) is 65.2 Å². The molecule has 4 nitrogen and oxygen atoms in total. The molecule has 0 N–H and O–H groups in total. The normalized spacial score (nSPS) is 16.7. The molecule has 0 spiro atoms. The summed E-state index contributed by atoms with van der Waals surface area (Å²) in [6, 6.07) is 16.8. The van der Waals surface area contributed by atoms with E-state index < -0.39 is 0 Å². The van der Waals surface area contributed by atoms with Crippen LogP contribution in [0.15, 0.2) is 48.5 Å². The summed E-state index contributed by atoms with van der Waals surface area (Å²) in [6.07, 6.45) is 1.07. The molecule has 0 aliphatic carbocycles. The van der Waals surface area contributed by atoms with Crippen molar-refractivity contribution in [1.29, 1.82) is 5.26 Å². The van der Waals surface area contributed by atoms with E-state index in [1.165, 1.54) is 0 Å². The SMILES string of the molecule is CC1CCN(C(=O)c2cccc(COc3ccccc3C#N)c2)C1. The van der Waals surface area contributed by atoms with Crippen molar-refractivity contribution < 1.29 is 9.53 Å². The van der Waals surface area contributed by atoms with Gasteiger partial charge in [0.15, 0.2) is 0 Å². The Morgan fingerprint density at radius 2 is 2.12 bits per heavy atom. The number of hydrogen-bond donors (Lipinski definition) is 0. The number of nitrogens with zero attached hydrogens (tertiary/aromatic N) is 2. The number of amides is 1. The molecule has 0 saturated carbocycles. The van der Waals surface area contributed by atoms with Gasteiger partial charge >= 0.3 is 0 Å². The van der Waals surface area contributed by atoms with Gasteiger partial charge in [-0.3, -0.25) is 4.79 Å². The molecule has 3 rings (SSSR count). The van der Waals surface area contributed by atoms with Gasteiger partial charge in [0.1, 0.15) is 18.4 Å². The fraction of sp³-hybridized carbons (Fsp3) is 0.300. The topological polar surface area (TPSA) is 53.3 Å². The van der Waals surface area contributed by atoms with Crippen molar-refractivity contribution in [2.45, 2.75) is 20.0 Å². The highest BCUT2D eigenvalue weighted by atomic mass is 16.5. The van der Waals surface area contributed by atoms with Crippen LogP contribution >= 0.6 is 0 Å². The van der Waals surface area contributed by atoms with Crippen LogP contribution in [0.25, 0.3) is 0 Å². The molecule has 1 amide bonds. The highest BCUT2D eigenvalue weighted by Gasteiger charge is 2.24. The molecule has 1 atom stereocenters. The standard InChI is InChI=1S/C20H20N2O2/c1-15-9-10-22(13-15)20(23)17-7-4-5-16(11-17)14-24-19-8-3-2-6-18(19)12-21/h2-8,11,15H,9-10,13-14H2,1H3. The predicted molar refractivity (Wildman–Crippen MR) is 91.6 cm³/mol. The van der Waals surface area contributed by atoms with E-state index in [-0.39, 0.29) is 5.91 Å². The molecule has 1 aliphatic rings. The second-order valence-corrected chi connectivity index (χ2v) is 6.24. The molecule has 2 aromatic carbocycles. The Morgan fingerprint density at radius 1 is 1.29 bits per heavy atom. The zero-order valence-corrected chi connectivity index (χ0v) is 13.7. The third-order valence-corrected chi connectivity index (χ3v) is 4.29. The lowest BCUT2D eigenvalue weighted by molar-refractivity contribution is 0.0788. The number of para-hydroxylation sites is 1. The van der Waals surface area contributed by atoms with Gasteiger partial charge in [-0.15, -0.1) is 0 Å². The fourth-order valence-electron chi connectivity index (χ4n) is 2.94. The number of carbonyl (C=O) groups excluding carboxylic acids is 1. The number of ether oxygens (including phenoxy) is 1. The van der Waals surface area contributed by atoms with Crippen LogP contribution in [0.4, 0.5) is 0 Å². The van der Waals surface area contributed by atoms with Crippen LogP contribution in [0.3, 0.4) is 0 Å². The van der Waals surface area contributed by atoms with Gasteiger partial charge in [0.05, 0.1) is 5.56 Å². The van der Waals surface area contributed by atoms with Crippen molar-refractivity contribution in [3.63, 3.8) is 0 Å². The third-order valence-electron chi connectivity index (χ3n) is 4.29. The van der Waals surface area contributed by atoms with Gasteiger partial charge in [0.25, 0.3) is 5.91 Å². The summed E-state index contributed by atoms with van der Waals surface area (Å²) < 4.78 is 5.74. The Balaban J connectivity index is 1.69. The van der Waals surface area contributed by atoms with E-state index in [9.17, 15) is 4.79 Å². The zero-order valence-electron chi connectivity index (χ0n) is 13.7. The minimum absolute atomic E-state index is 0.0821. The smallest absolute Gasteiger partial charge is 0.253 e. The number of carbonyl (C=O) groups is 1. The van der Waals surface area contributed by atoms with Crippen LogP contribution in [0.1, 0.15) is 34.8 Å². The Bertz CT molecular complexity index is 779. The molecule has 1 heterocycles. The molecule has 122 valence electrons. The summed E-state index contributed by atoms with van der Waals surface area (Å²) in [7, 11) is 0. The predicted octanol–water partition coefficient (Wildman–Crippen LogP) is 3.62. The Labute approximate surface area is 142 Å². The first-order valence-electron chi connectivity index (χ1n) is 8.17. The third kappa shape index (κ3) is 3.57. The Kier molecular flexibility index (Phi) is 4.81. The molecule has 0 aromatic heterocycles. The van der Waals surface area contributed by atoms with Gasteiger partial charge in [-0.05, 0) is 42.2 Å². The van der Waals surface area contributed by atoms with Crippen LogP contribution in [-0.4, -0.2) is 23.9 Å². The van der Waals surface area contributed by atoms with Crippen molar-refractivity contribution in [2.24, 2.45) is 5.92 Å². The van der Waals surface area contributed by atoms with E-state index in [2.05, 4.69) is 13.0 Å². The molecule has 0 radical (unpaired) electrons. The van der Waals surface area contributed by atoms with E-state index in [0.717, 1.165) is 25.1 Å². The van der Waals surface area contributed by atoms with Gasteiger partial charge in [-0.1, -0.05) is 31.2 Å². The van der Waals surface area contributed by atoms with Gasteiger partial charge in [0.2, 0.25) is 0 Å². The Hall–Kier alpha value is -2.80. The van der Waals surface area contributed by atoms with Crippen molar-refractivity contribution in [3.8, 4) is 11.8 Å². The lowest BCUT2D eigenvalue weighted by atomic mass is 10.1. The van der Waals surface area contributed by atoms with Crippen molar-refractivity contribution in [2.75, 3.05) is 13.1 Å². The maximum atomic E-state index is 12.6. The van der Waals surface area contributed by atoms with Gasteiger partial charge in [-0.25, -0.2) is 0 Å². The second kappa shape index (κ2) is 7.18. The maximum absolute atomic E-state index is 12.6. The minimum Gasteiger partial charge on any atom is -0.488 e. The van der Waals surface area contributed by atoms with Crippen molar-refractivity contribution >= 4 is 5.91 Å². The first-order valence-corrected chi connectivity index (χ1v) is 8.17. The molecule has 2 aromatic rings. The average molecular weight is 320 g/mol. The fourth-order valence-corrected chi connectivity index (χ4v) is 2.94. The summed E-state index contributed by atoms with van der Waals surface area (Å²) in [5.41, 5.74) is 2.12. The summed E-state index contributed by atoms with van der Waals surface area (Å²) in [5, 5.41) is 9.10. The number of benzene rings is 2. The molecule has 1 aliphatic heterocycles. The average Bonchev–Trinajstić information content (AvgIpc) is 3.06. The highest BCUT2D eigenvalue weighted by Crippen LogP contribution is 2.20. The molecular weight excluding hydrogens is 300 g/mol. The van der Waals surface area contributed by atoms with E-state index in [0.29, 0.717) is 29.4 Å². The number of nitriles is 1.